The molecule has 0 atom stereocenters. The van der Waals surface area contributed by atoms with Crippen LogP contribution in [0.1, 0.15) is 31.2 Å². The average molecular weight is 235 g/mol. The number of rotatable bonds is 8. The Hall–Kier alpha value is -0.900. The van der Waals surface area contributed by atoms with E-state index >= 15 is 0 Å². The van der Waals surface area contributed by atoms with Gasteiger partial charge in [0.05, 0.1) is 0 Å². The molecule has 0 saturated carbocycles. The summed E-state index contributed by atoms with van der Waals surface area (Å²) in [5, 5.41) is 0. The van der Waals surface area contributed by atoms with Gasteiger partial charge in [-0.05, 0) is 44.3 Å². The summed E-state index contributed by atoms with van der Waals surface area (Å²) in [6, 6.07) is 10.5. The van der Waals surface area contributed by atoms with Crippen LogP contribution in [0.25, 0.3) is 0 Å². The van der Waals surface area contributed by atoms with Gasteiger partial charge >= 0.3 is 0 Å². The Morgan fingerprint density at radius 3 is 1.76 bits per heavy atom. The maximum Gasteiger partial charge on any atom is 0.00765 e. The molecule has 0 radical (unpaired) electrons. The van der Waals surface area contributed by atoms with Crippen LogP contribution in [0, 0.1) is 0 Å². The molecule has 6 N–H and O–H groups in total. The summed E-state index contributed by atoms with van der Waals surface area (Å²) in [5.74, 6) is 0. The van der Waals surface area contributed by atoms with Crippen LogP contribution in [-0.2, 0) is 5.41 Å². The van der Waals surface area contributed by atoms with E-state index in [-0.39, 0.29) is 5.41 Å². The minimum atomic E-state index is 0.0556. The summed E-state index contributed by atoms with van der Waals surface area (Å²) in [6.07, 6.45) is 4.11. The van der Waals surface area contributed by atoms with Crippen LogP contribution >= 0.6 is 0 Å². The molecule has 3 heteroatoms. The molecule has 0 unspecified atom stereocenters. The third kappa shape index (κ3) is 3.80. The van der Waals surface area contributed by atoms with Gasteiger partial charge in [0.25, 0.3) is 0 Å². The van der Waals surface area contributed by atoms with Crippen molar-refractivity contribution in [3.8, 4) is 0 Å². The molecule has 3 nitrogen and oxygen atoms in total. The van der Waals surface area contributed by atoms with Crippen LogP contribution in [0.3, 0.4) is 0 Å². The fraction of sp³-hybridized carbons (Fsp3) is 0.571. The Balaban J connectivity index is 2.89. The summed E-state index contributed by atoms with van der Waals surface area (Å²) in [6.45, 7) is 2.10. The molecule has 0 spiro atoms. The van der Waals surface area contributed by atoms with Gasteiger partial charge in [0.1, 0.15) is 0 Å². The smallest absolute Gasteiger partial charge is 0.00765 e. The van der Waals surface area contributed by atoms with E-state index in [0.717, 1.165) is 38.8 Å². The van der Waals surface area contributed by atoms with E-state index < -0.39 is 0 Å². The van der Waals surface area contributed by atoms with Gasteiger partial charge in [-0.3, -0.25) is 0 Å². The predicted octanol–water partition coefficient (Wildman–Crippen LogP) is 1.36. The van der Waals surface area contributed by atoms with Gasteiger partial charge in [-0.25, -0.2) is 0 Å². The Labute approximate surface area is 104 Å². The maximum atomic E-state index is 6.04. The predicted molar refractivity (Wildman–Crippen MR) is 73.8 cm³/mol. The lowest BCUT2D eigenvalue weighted by Gasteiger charge is -2.33. The van der Waals surface area contributed by atoms with Crippen LogP contribution in [0.2, 0.25) is 0 Å². The standard InChI is InChI=1S/C14H25N3/c15-10-4-8-14(12-17,9-5-11-16)13-6-2-1-3-7-13/h1-3,6-7H,4-5,8-12,15-17H2. The second-order valence-electron chi connectivity index (χ2n) is 4.63. The van der Waals surface area contributed by atoms with Crippen LogP contribution in [0.4, 0.5) is 0 Å². The third-order valence-electron chi connectivity index (χ3n) is 3.50. The highest BCUT2D eigenvalue weighted by Crippen LogP contribution is 2.33. The molecule has 0 bridgehead atoms. The van der Waals surface area contributed by atoms with Crippen molar-refractivity contribution < 1.29 is 0 Å². The summed E-state index contributed by atoms with van der Waals surface area (Å²) in [5.41, 5.74) is 18.7. The van der Waals surface area contributed by atoms with Crippen molar-refractivity contribution in [3.05, 3.63) is 35.9 Å². The van der Waals surface area contributed by atoms with E-state index in [1.54, 1.807) is 0 Å². The molecule has 0 aliphatic heterocycles. The quantitative estimate of drug-likeness (QED) is 0.636. The van der Waals surface area contributed by atoms with Crippen LogP contribution in [0.5, 0.6) is 0 Å². The highest BCUT2D eigenvalue weighted by molar-refractivity contribution is 5.26. The van der Waals surface area contributed by atoms with Gasteiger partial charge in [0.2, 0.25) is 0 Å². The Morgan fingerprint density at radius 1 is 0.824 bits per heavy atom. The lowest BCUT2D eigenvalue weighted by atomic mass is 9.73. The molecule has 1 aromatic rings. The second kappa shape index (κ2) is 7.43. The normalized spacial score (nSPS) is 11.7. The largest absolute Gasteiger partial charge is 0.330 e. The molecule has 0 aliphatic carbocycles. The van der Waals surface area contributed by atoms with Crippen molar-refractivity contribution in [2.24, 2.45) is 17.2 Å². The van der Waals surface area contributed by atoms with E-state index in [2.05, 4.69) is 24.3 Å². The molecule has 17 heavy (non-hydrogen) atoms. The summed E-state index contributed by atoms with van der Waals surface area (Å²) in [4.78, 5) is 0. The maximum absolute atomic E-state index is 6.04. The van der Waals surface area contributed by atoms with Gasteiger partial charge in [0, 0.05) is 12.0 Å². The fourth-order valence-corrected chi connectivity index (χ4v) is 2.41. The molecular formula is C14H25N3. The third-order valence-corrected chi connectivity index (χ3v) is 3.50. The van der Waals surface area contributed by atoms with Crippen LogP contribution in [-0.4, -0.2) is 19.6 Å². The molecule has 0 aliphatic rings. The number of nitrogens with two attached hydrogens (primary N) is 3. The summed E-state index contributed by atoms with van der Waals surface area (Å²) in [7, 11) is 0. The highest BCUT2D eigenvalue weighted by atomic mass is 14.6. The monoisotopic (exact) mass is 235 g/mol. The average Bonchev–Trinajstić information content (AvgIpc) is 2.41. The molecule has 0 fully saturated rings. The van der Waals surface area contributed by atoms with E-state index in [1.165, 1.54) is 5.56 Å². The zero-order chi connectivity index (χ0) is 12.6. The SMILES string of the molecule is NCCCC(CN)(CCCN)c1ccccc1. The van der Waals surface area contributed by atoms with Crippen molar-refractivity contribution in [2.75, 3.05) is 19.6 Å². The number of hydrogen-bond acceptors (Lipinski definition) is 3. The van der Waals surface area contributed by atoms with Crippen molar-refractivity contribution in [3.63, 3.8) is 0 Å². The molecule has 96 valence electrons. The Kier molecular flexibility index (Phi) is 6.19. The van der Waals surface area contributed by atoms with Gasteiger partial charge in [0.15, 0.2) is 0 Å². The first-order chi connectivity index (χ1) is 8.29. The van der Waals surface area contributed by atoms with E-state index in [9.17, 15) is 0 Å². The van der Waals surface area contributed by atoms with Gasteiger partial charge in [-0.2, -0.15) is 0 Å². The number of hydrogen-bond donors (Lipinski definition) is 3. The zero-order valence-corrected chi connectivity index (χ0v) is 10.6. The number of benzene rings is 1. The first-order valence-electron chi connectivity index (χ1n) is 6.45. The van der Waals surface area contributed by atoms with Crippen molar-refractivity contribution in [1.82, 2.24) is 0 Å². The van der Waals surface area contributed by atoms with Crippen molar-refractivity contribution in [1.29, 1.82) is 0 Å². The molecule has 0 heterocycles. The zero-order valence-electron chi connectivity index (χ0n) is 10.6. The summed E-state index contributed by atoms with van der Waals surface area (Å²) >= 11 is 0. The molecular weight excluding hydrogens is 210 g/mol. The molecule has 0 aromatic heterocycles. The molecule has 0 saturated heterocycles. The van der Waals surface area contributed by atoms with Crippen LogP contribution < -0.4 is 17.2 Å². The molecule has 0 amide bonds. The van der Waals surface area contributed by atoms with Gasteiger partial charge in [-0.1, -0.05) is 30.3 Å². The van der Waals surface area contributed by atoms with Gasteiger partial charge in [-0.15, -0.1) is 0 Å². The summed E-state index contributed by atoms with van der Waals surface area (Å²) < 4.78 is 0. The topological polar surface area (TPSA) is 78.1 Å². The minimum Gasteiger partial charge on any atom is -0.330 e. The fourth-order valence-electron chi connectivity index (χ4n) is 2.41. The van der Waals surface area contributed by atoms with Crippen molar-refractivity contribution in [2.45, 2.75) is 31.1 Å². The van der Waals surface area contributed by atoms with Gasteiger partial charge < -0.3 is 17.2 Å². The first kappa shape index (κ1) is 14.2. The second-order valence-corrected chi connectivity index (χ2v) is 4.63. The van der Waals surface area contributed by atoms with E-state index in [0.29, 0.717) is 6.54 Å². The minimum absolute atomic E-state index is 0.0556. The van der Waals surface area contributed by atoms with E-state index in [4.69, 9.17) is 17.2 Å². The molecule has 1 rings (SSSR count). The molecule has 1 aromatic carbocycles. The van der Waals surface area contributed by atoms with Crippen LogP contribution in [0.15, 0.2) is 30.3 Å². The van der Waals surface area contributed by atoms with Crippen molar-refractivity contribution >= 4 is 0 Å². The lowest BCUT2D eigenvalue weighted by molar-refractivity contribution is 0.358. The van der Waals surface area contributed by atoms with E-state index in [1.807, 2.05) is 6.07 Å². The Bertz CT molecular complexity index is 290. The Morgan fingerprint density at radius 2 is 1.35 bits per heavy atom. The highest BCUT2D eigenvalue weighted by Gasteiger charge is 2.29. The lowest BCUT2D eigenvalue weighted by Crippen LogP contribution is -2.36. The first-order valence-corrected chi connectivity index (χ1v) is 6.45.